The molecule has 0 radical (unpaired) electrons. The van der Waals surface area contributed by atoms with Gasteiger partial charge in [-0.25, -0.2) is 0 Å². The molecular weight excluding hydrogens is 244 g/mol. The van der Waals surface area contributed by atoms with Gasteiger partial charge in [-0.15, -0.1) is 0 Å². The van der Waals surface area contributed by atoms with E-state index < -0.39 is 5.92 Å². The van der Waals surface area contributed by atoms with Crippen LogP contribution in [0.25, 0.3) is 0 Å². The molecule has 0 amide bonds. The molecule has 0 aliphatic heterocycles. The van der Waals surface area contributed by atoms with Crippen molar-refractivity contribution in [1.29, 1.82) is 0 Å². The van der Waals surface area contributed by atoms with E-state index in [1.807, 2.05) is 6.92 Å². The lowest BCUT2D eigenvalue weighted by Gasteiger charge is -2.28. The Kier molecular flexibility index (Phi) is 7.72. The lowest BCUT2D eigenvalue weighted by atomic mass is 9.78. The van der Waals surface area contributed by atoms with Crippen LogP contribution in [0.5, 0.6) is 0 Å². The Morgan fingerprint density at radius 1 is 1.05 bits per heavy atom. The third-order valence-electron chi connectivity index (χ3n) is 2.90. The van der Waals surface area contributed by atoms with Gasteiger partial charge in [0.15, 0.2) is 0 Å². The fourth-order valence-corrected chi connectivity index (χ4v) is 2.27. The van der Waals surface area contributed by atoms with Crippen LogP contribution in [0.3, 0.4) is 0 Å². The summed E-state index contributed by atoms with van der Waals surface area (Å²) in [5.41, 5.74) is 0.110. The molecule has 0 saturated heterocycles. The number of rotatable bonds is 7. The molecule has 0 aromatic rings. The van der Waals surface area contributed by atoms with E-state index in [4.69, 9.17) is 9.47 Å². The van der Waals surface area contributed by atoms with E-state index in [0.717, 1.165) is 6.42 Å². The van der Waals surface area contributed by atoms with Crippen LogP contribution >= 0.6 is 0 Å². The summed E-state index contributed by atoms with van der Waals surface area (Å²) >= 11 is 0. The quantitative estimate of drug-likeness (QED) is 0.668. The fourth-order valence-electron chi connectivity index (χ4n) is 2.27. The number of ether oxygens (including phenoxy) is 2. The minimum absolute atomic E-state index is 0.0865. The number of hydrogen-bond acceptors (Lipinski definition) is 4. The van der Waals surface area contributed by atoms with Crippen molar-refractivity contribution in [3.63, 3.8) is 0 Å². The molecule has 0 aromatic carbocycles. The van der Waals surface area contributed by atoms with Crippen LogP contribution < -0.4 is 0 Å². The molecule has 2 unspecified atom stereocenters. The zero-order valence-electron chi connectivity index (χ0n) is 13.1. The van der Waals surface area contributed by atoms with Gasteiger partial charge in [-0.1, -0.05) is 27.7 Å². The fraction of sp³-hybridized carbons (Fsp3) is 0.867. The van der Waals surface area contributed by atoms with Gasteiger partial charge in [0, 0.05) is 0 Å². The molecule has 0 rings (SSSR count). The molecule has 0 heterocycles. The molecule has 0 fully saturated rings. The standard InChI is InChI=1S/C15H28O4/c1-7-18-13(16)9-12(14(17)19-8-2)11(3)10-15(4,5)6/h11-12H,7-10H2,1-6H3. The van der Waals surface area contributed by atoms with Crippen molar-refractivity contribution in [2.24, 2.45) is 17.3 Å². The number of hydrogen-bond donors (Lipinski definition) is 0. The van der Waals surface area contributed by atoms with E-state index in [-0.39, 0.29) is 29.7 Å². The van der Waals surface area contributed by atoms with E-state index in [1.54, 1.807) is 13.8 Å². The van der Waals surface area contributed by atoms with E-state index in [2.05, 4.69) is 20.8 Å². The van der Waals surface area contributed by atoms with Crippen LogP contribution in [0.4, 0.5) is 0 Å². The zero-order chi connectivity index (χ0) is 15.1. The van der Waals surface area contributed by atoms with E-state index in [9.17, 15) is 9.59 Å². The molecule has 112 valence electrons. The lowest BCUT2D eigenvalue weighted by Crippen LogP contribution is -2.30. The lowest BCUT2D eigenvalue weighted by molar-refractivity contribution is -0.157. The minimum Gasteiger partial charge on any atom is -0.466 e. The minimum atomic E-state index is -0.418. The Hall–Kier alpha value is -1.06. The maximum absolute atomic E-state index is 12.0. The largest absolute Gasteiger partial charge is 0.466 e. The summed E-state index contributed by atoms with van der Waals surface area (Å²) in [4.78, 5) is 23.6. The summed E-state index contributed by atoms with van der Waals surface area (Å²) in [5, 5.41) is 0. The van der Waals surface area contributed by atoms with Crippen LogP contribution in [-0.4, -0.2) is 25.2 Å². The molecule has 0 N–H and O–H groups in total. The van der Waals surface area contributed by atoms with Gasteiger partial charge in [0.05, 0.1) is 25.6 Å². The molecule has 2 atom stereocenters. The van der Waals surface area contributed by atoms with Crippen molar-refractivity contribution in [1.82, 2.24) is 0 Å². The molecular formula is C15H28O4. The second kappa shape index (κ2) is 8.18. The molecule has 19 heavy (non-hydrogen) atoms. The monoisotopic (exact) mass is 272 g/mol. The topological polar surface area (TPSA) is 52.6 Å². The number of esters is 2. The van der Waals surface area contributed by atoms with Gasteiger partial charge >= 0.3 is 11.9 Å². The molecule has 0 saturated carbocycles. The average molecular weight is 272 g/mol. The summed E-state index contributed by atoms with van der Waals surface area (Å²) in [6.07, 6.45) is 0.958. The van der Waals surface area contributed by atoms with Crippen molar-refractivity contribution in [2.75, 3.05) is 13.2 Å². The van der Waals surface area contributed by atoms with E-state index >= 15 is 0 Å². The predicted octanol–water partition coefficient (Wildman–Crippen LogP) is 3.19. The summed E-state index contributed by atoms with van der Waals surface area (Å²) < 4.78 is 10.0. The number of carbonyl (C=O) groups excluding carboxylic acids is 2. The maximum Gasteiger partial charge on any atom is 0.309 e. The first-order valence-corrected chi connectivity index (χ1v) is 7.03. The van der Waals surface area contributed by atoms with Gasteiger partial charge in [-0.3, -0.25) is 9.59 Å². The second-order valence-corrected chi connectivity index (χ2v) is 6.11. The van der Waals surface area contributed by atoms with Crippen LogP contribution in [0.2, 0.25) is 0 Å². The molecule has 0 aliphatic carbocycles. The highest BCUT2D eigenvalue weighted by molar-refractivity contribution is 5.80. The van der Waals surface area contributed by atoms with Gasteiger partial charge in [-0.2, -0.15) is 0 Å². The van der Waals surface area contributed by atoms with Crippen molar-refractivity contribution in [3.8, 4) is 0 Å². The second-order valence-electron chi connectivity index (χ2n) is 6.11. The maximum atomic E-state index is 12.0. The van der Waals surface area contributed by atoms with Crippen molar-refractivity contribution in [2.45, 2.75) is 54.4 Å². The van der Waals surface area contributed by atoms with Gasteiger partial charge < -0.3 is 9.47 Å². The third-order valence-corrected chi connectivity index (χ3v) is 2.90. The highest BCUT2D eigenvalue weighted by Crippen LogP contribution is 2.31. The summed E-state index contributed by atoms with van der Waals surface area (Å²) in [5.74, 6) is -0.963. The highest BCUT2D eigenvalue weighted by Gasteiger charge is 2.31. The van der Waals surface area contributed by atoms with Gasteiger partial charge in [0.1, 0.15) is 0 Å². The summed E-state index contributed by atoms with van der Waals surface area (Å²) in [6.45, 7) is 12.6. The van der Waals surface area contributed by atoms with E-state index in [0.29, 0.717) is 13.2 Å². The normalized spacial score (nSPS) is 14.6. The molecule has 4 nitrogen and oxygen atoms in total. The Bertz CT molecular complexity index is 291. The predicted molar refractivity (Wildman–Crippen MR) is 74.6 cm³/mol. The Morgan fingerprint density at radius 2 is 1.58 bits per heavy atom. The van der Waals surface area contributed by atoms with E-state index in [1.165, 1.54) is 0 Å². The molecule has 0 aliphatic rings. The molecule has 4 heteroatoms. The molecule has 0 aromatic heterocycles. The zero-order valence-corrected chi connectivity index (χ0v) is 13.1. The smallest absolute Gasteiger partial charge is 0.309 e. The Balaban J connectivity index is 4.74. The first-order valence-electron chi connectivity index (χ1n) is 7.03. The first kappa shape index (κ1) is 17.9. The SMILES string of the molecule is CCOC(=O)CC(C(=O)OCC)C(C)CC(C)(C)C. The first-order chi connectivity index (χ1) is 8.71. The summed E-state index contributed by atoms with van der Waals surface area (Å²) in [6, 6.07) is 0. The molecule has 0 bridgehead atoms. The van der Waals surface area contributed by atoms with Gasteiger partial charge in [-0.05, 0) is 31.6 Å². The van der Waals surface area contributed by atoms with Crippen molar-refractivity contribution < 1.29 is 19.1 Å². The van der Waals surface area contributed by atoms with Crippen molar-refractivity contribution in [3.05, 3.63) is 0 Å². The average Bonchev–Trinajstić information content (AvgIpc) is 2.24. The Labute approximate surface area is 116 Å². The van der Waals surface area contributed by atoms with Crippen molar-refractivity contribution >= 4 is 11.9 Å². The Morgan fingerprint density at radius 3 is 2.00 bits per heavy atom. The van der Waals surface area contributed by atoms with Crippen LogP contribution in [0.15, 0.2) is 0 Å². The third kappa shape index (κ3) is 7.85. The van der Waals surface area contributed by atoms with Crippen LogP contribution in [-0.2, 0) is 19.1 Å². The van der Waals surface area contributed by atoms with Crippen LogP contribution in [0, 0.1) is 17.3 Å². The molecule has 0 spiro atoms. The summed E-state index contributed by atoms with van der Waals surface area (Å²) in [7, 11) is 0. The van der Waals surface area contributed by atoms with Gasteiger partial charge in [0.25, 0.3) is 0 Å². The highest BCUT2D eigenvalue weighted by atomic mass is 16.5. The van der Waals surface area contributed by atoms with Crippen LogP contribution in [0.1, 0.15) is 54.4 Å². The van der Waals surface area contributed by atoms with Gasteiger partial charge in [0.2, 0.25) is 0 Å². The number of carbonyl (C=O) groups is 2.